The van der Waals surface area contributed by atoms with E-state index in [2.05, 4.69) is 4.98 Å². The predicted octanol–water partition coefficient (Wildman–Crippen LogP) is 0.485. The Morgan fingerprint density at radius 2 is 1.78 bits per heavy atom. The summed E-state index contributed by atoms with van der Waals surface area (Å²) in [5, 5.41) is 51.7. The van der Waals surface area contributed by atoms with Gasteiger partial charge in [0.05, 0.1) is 35.4 Å². The summed E-state index contributed by atoms with van der Waals surface area (Å²) in [4.78, 5) is 17.1. The molecule has 4 heterocycles. The fourth-order valence-electron chi connectivity index (χ4n) is 6.01. The number of pyridine rings is 1. The van der Waals surface area contributed by atoms with E-state index in [-0.39, 0.29) is 5.75 Å². The molecule has 6 rings (SSSR count). The SMILES string of the molecule is Cc1[nH]c2ccc3c(c2c(=O)c1OC1OC(CO)C(O)C(O)C1O)C1CCC(O)C3(c2ccccc2)O1. The van der Waals surface area contributed by atoms with Crippen LogP contribution in [0.1, 0.15) is 41.3 Å². The third kappa shape index (κ3) is 3.48. The number of rotatable bonds is 4. The minimum atomic E-state index is -1.66. The molecule has 10 heteroatoms. The number of benzene rings is 2. The van der Waals surface area contributed by atoms with E-state index >= 15 is 0 Å². The molecular weight excluding hydrogens is 482 g/mol. The van der Waals surface area contributed by atoms with Crippen molar-refractivity contribution in [3.8, 4) is 5.75 Å². The second-order valence-corrected chi connectivity index (χ2v) is 9.97. The molecule has 6 N–H and O–H groups in total. The minimum Gasteiger partial charge on any atom is -0.456 e. The van der Waals surface area contributed by atoms with Gasteiger partial charge in [0.2, 0.25) is 11.7 Å². The molecule has 2 aromatic carbocycles. The van der Waals surface area contributed by atoms with Crippen LogP contribution in [0, 0.1) is 6.92 Å². The van der Waals surface area contributed by atoms with Gasteiger partial charge in [0.1, 0.15) is 30.0 Å². The molecule has 8 unspecified atom stereocenters. The first-order valence-electron chi connectivity index (χ1n) is 12.4. The number of aliphatic hydroxyl groups excluding tert-OH is 5. The molecular formula is C27H29NO9. The maximum Gasteiger partial charge on any atom is 0.231 e. The molecule has 2 saturated heterocycles. The van der Waals surface area contributed by atoms with E-state index in [9.17, 15) is 30.3 Å². The van der Waals surface area contributed by atoms with E-state index < -0.39 is 60.6 Å². The van der Waals surface area contributed by atoms with Crippen molar-refractivity contribution in [2.45, 2.75) is 68.3 Å². The van der Waals surface area contributed by atoms with Crippen LogP contribution in [0.3, 0.4) is 0 Å². The van der Waals surface area contributed by atoms with Crippen molar-refractivity contribution in [3.05, 3.63) is 75.1 Å². The highest BCUT2D eigenvalue weighted by atomic mass is 16.7. The van der Waals surface area contributed by atoms with E-state index in [1.807, 2.05) is 36.4 Å². The Labute approximate surface area is 211 Å². The lowest BCUT2D eigenvalue weighted by molar-refractivity contribution is -0.277. The highest BCUT2D eigenvalue weighted by Crippen LogP contribution is 2.56. The maximum atomic E-state index is 13.9. The smallest absolute Gasteiger partial charge is 0.231 e. The highest BCUT2D eigenvalue weighted by molar-refractivity contribution is 5.87. The third-order valence-electron chi connectivity index (χ3n) is 7.85. The Balaban J connectivity index is 1.50. The molecule has 3 aliphatic heterocycles. The van der Waals surface area contributed by atoms with E-state index in [0.717, 1.165) is 5.56 Å². The molecule has 196 valence electrons. The van der Waals surface area contributed by atoms with Gasteiger partial charge in [0.25, 0.3) is 0 Å². The lowest BCUT2D eigenvalue weighted by atomic mass is 9.80. The summed E-state index contributed by atoms with van der Waals surface area (Å²) in [7, 11) is 0. The number of aryl methyl sites for hydroxylation is 1. The largest absolute Gasteiger partial charge is 0.456 e. The van der Waals surface area contributed by atoms with Crippen LogP contribution in [0.5, 0.6) is 5.75 Å². The summed E-state index contributed by atoms with van der Waals surface area (Å²) in [5.41, 5.74) is 1.56. The number of H-pyrrole nitrogens is 1. The normalized spacial score (nSPS) is 34.9. The predicted molar refractivity (Wildman–Crippen MR) is 130 cm³/mol. The van der Waals surface area contributed by atoms with Crippen molar-refractivity contribution >= 4 is 10.9 Å². The molecule has 0 saturated carbocycles. The van der Waals surface area contributed by atoms with Crippen molar-refractivity contribution in [3.63, 3.8) is 0 Å². The standard InChI is InChI=1S/C27H29NO9/c1-12-25(36-26-24(34)23(33)21(31)17(11-29)35-26)22(32)20-15(28-12)8-7-14-19(20)16-9-10-18(30)27(14,37-16)13-5-3-2-4-6-13/h2-8,16-18,21,23-24,26,29-31,33-34H,9-11H2,1H3,(H,28,32). The van der Waals surface area contributed by atoms with Crippen molar-refractivity contribution in [1.82, 2.24) is 4.98 Å². The van der Waals surface area contributed by atoms with Crippen LogP contribution in [0.25, 0.3) is 10.9 Å². The molecule has 3 aromatic rings. The Kier molecular flexibility index (Phi) is 5.88. The molecule has 10 nitrogen and oxygen atoms in total. The van der Waals surface area contributed by atoms with Gasteiger partial charge in [0, 0.05) is 5.56 Å². The molecule has 0 aliphatic carbocycles. The van der Waals surface area contributed by atoms with Crippen molar-refractivity contribution in [2.75, 3.05) is 6.61 Å². The monoisotopic (exact) mass is 511 g/mol. The molecule has 8 atom stereocenters. The number of aliphatic hydroxyl groups is 5. The zero-order chi connectivity index (χ0) is 26.1. The molecule has 0 radical (unpaired) electrons. The first-order valence-corrected chi connectivity index (χ1v) is 12.4. The van der Waals surface area contributed by atoms with Crippen LogP contribution in [0.4, 0.5) is 0 Å². The van der Waals surface area contributed by atoms with Crippen LogP contribution < -0.4 is 10.2 Å². The molecule has 0 amide bonds. The van der Waals surface area contributed by atoms with Gasteiger partial charge in [-0.3, -0.25) is 4.79 Å². The second-order valence-electron chi connectivity index (χ2n) is 9.97. The van der Waals surface area contributed by atoms with Crippen LogP contribution in [0.15, 0.2) is 47.3 Å². The Hall–Kier alpha value is -2.83. The number of ether oxygens (including phenoxy) is 3. The van der Waals surface area contributed by atoms with Gasteiger partial charge < -0.3 is 44.7 Å². The molecule has 37 heavy (non-hydrogen) atoms. The number of aromatic nitrogens is 1. The molecule has 1 aromatic heterocycles. The Bertz CT molecular complexity index is 1390. The fourth-order valence-corrected chi connectivity index (χ4v) is 6.01. The average Bonchev–Trinajstić information content (AvgIpc) is 3.19. The van der Waals surface area contributed by atoms with Gasteiger partial charge >= 0.3 is 0 Å². The summed E-state index contributed by atoms with van der Waals surface area (Å²) >= 11 is 0. The number of hydrogen-bond acceptors (Lipinski definition) is 9. The summed E-state index contributed by atoms with van der Waals surface area (Å²) in [6.45, 7) is 1.02. The van der Waals surface area contributed by atoms with Crippen LogP contribution in [-0.2, 0) is 15.1 Å². The summed E-state index contributed by atoms with van der Waals surface area (Å²) in [6, 6.07) is 13.1. The average molecular weight is 512 g/mol. The number of aromatic amines is 1. The van der Waals surface area contributed by atoms with Gasteiger partial charge in [-0.1, -0.05) is 36.4 Å². The van der Waals surface area contributed by atoms with Crippen LogP contribution >= 0.6 is 0 Å². The first-order chi connectivity index (χ1) is 17.8. The van der Waals surface area contributed by atoms with Crippen molar-refractivity contribution < 1.29 is 39.7 Å². The Morgan fingerprint density at radius 1 is 1.03 bits per heavy atom. The van der Waals surface area contributed by atoms with Crippen LogP contribution in [-0.4, -0.2) is 73.9 Å². The topological polar surface area (TPSA) is 162 Å². The lowest BCUT2D eigenvalue weighted by Crippen LogP contribution is -2.60. The highest BCUT2D eigenvalue weighted by Gasteiger charge is 2.55. The third-order valence-corrected chi connectivity index (χ3v) is 7.85. The zero-order valence-electron chi connectivity index (χ0n) is 20.1. The summed E-state index contributed by atoms with van der Waals surface area (Å²) < 4.78 is 17.8. The van der Waals surface area contributed by atoms with E-state index in [1.165, 1.54) is 0 Å². The summed E-state index contributed by atoms with van der Waals surface area (Å²) in [5.74, 6) is -0.124. The summed E-state index contributed by atoms with van der Waals surface area (Å²) in [6.07, 6.45) is -7.73. The van der Waals surface area contributed by atoms with Crippen molar-refractivity contribution in [1.29, 1.82) is 0 Å². The van der Waals surface area contributed by atoms with Crippen LogP contribution in [0.2, 0.25) is 0 Å². The van der Waals surface area contributed by atoms with Gasteiger partial charge in [-0.25, -0.2) is 0 Å². The molecule has 3 aliphatic rings. The lowest BCUT2D eigenvalue weighted by Gasteiger charge is -2.39. The second kappa shape index (κ2) is 8.88. The molecule has 2 bridgehead atoms. The van der Waals surface area contributed by atoms with E-state index in [4.69, 9.17) is 14.2 Å². The quantitative estimate of drug-likeness (QED) is 0.293. The van der Waals surface area contributed by atoms with Gasteiger partial charge in [-0.05, 0) is 37.0 Å². The van der Waals surface area contributed by atoms with E-state index in [1.54, 1.807) is 13.0 Å². The number of nitrogens with one attached hydrogen (secondary N) is 1. The van der Waals surface area contributed by atoms with Gasteiger partial charge in [0.15, 0.2) is 5.75 Å². The van der Waals surface area contributed by atoms with Gasteiger partial charge in [-0.2, -0.15) is 0 Å². The zero-order valence-corrected chi connectivity index (χ0v) is 20.1. The maximum absolute atomic E-state index is 13.9. The van der Waals surface area contributed by atoms with Gasteiger partial charge in [-0.15, -0.1) is 0 Å². The van der Waals surface area contributed by atoms with E-state index in [0.29, 0.717) is 40.6 Å². The molecule has 2 fully saturated rings. The molecule has 0 spiro atoms. The minimum absolute atomic E-state index is 0.124. The fraction of sp³-hybridized carbons (Fsp3) is 0.444. The Morgan fingerprint density at radius 3 is 2.51 bits per heavy atom. The van der Waals surface area contributed by atoms with Crippen molar-refractivity contribution in [2.24, 2.45) is 0 Å². The number of fused-ring (bicyclic) bond motifs is 7. The number of hydrogen-bond donors (Lipinski definition) is 6. The first kappa shape index (κ1) is 24.5.